The summed E-state index contributed by atoms with van der Waals surface area (Å²) in [6.07, 6.45) is 5.13. The Hall–Kier alpha value is -1.88. The highest BCUT2D eigenvalue weighted by molar-refractivity contribution is 7.80. The van der Waals surface area contributed by atoms with Gasteiger partial charge in [0.25, 0.3) is 0 Å². The summed E-state index contributed by atoms with van der Waals surface area (Å²) in [5.74, 6) is 0. The summed E-state index contributed by atoms with van der Waals surface area (Å²) in [4.78, 5) is 15.8. The van der Waals surface area contributed by atoms with Crippen LogP contribution in [0.15, 0.2) is 30.5 Å². The number of amides is 1. The van der Waals surface area contributed by atoms with Crippen molar-refractivity contribution in [3.8, 4) is 0 Å². The lowest BCUT2D eigenvalue weighted by Crippen LogP contribution is -2.33. The van der Waals surface area contributed by atoms with E-state index in [1.165, 1.54) is 16.5 Å². The molecule has 1 aromatic heterocycles. The van der Waals surface area contributed by atoms with Gasteiger partial charge in [0.2, 0.25) is 0 Å². The molecule has 4 nitrogen and oxygen atoms in total. The van der Waals surface area contributed by atoms with Gasteiger partial charge in [-0.05, 0) is 69.0 Å². The number of aromatic nitrogens is 1. The Morgan fingerprint density at radius 1 is 1.25 bits per heavy atom. The van der Waals surface area contributed by atoms with Gasteiger partial charge in [0, 0.05) is 23.6 Å². The Morgan fingerprint density at radius 2 is 2.04 bits per heavy atom. The normalized spacial score (nSPS) is 11.5. The van der Waals surface area contributed by atoms with E-state index in [0.717, 1.165) is 30.5 Å². The molecule has 0 fully saturated rings. The number of carbonyl (C=O) groups excluding carboxylic acids is 1. The molecular formula is C19H26N2O2S. The number of fused-ring (bicyclic) bond motifs is 1. The number of aromatic amines is 1. The first-order valence-corrected chi connectivity index (χ1v) is 8.79. The van der Waals surface area contributed by atoms with Crippen molar-refractivity contribution in [1.29, 1.82) is 0 Å². The van der Waals surface area contributed by atoms with Crippen LogP contribution in [-0.4, -0.2) is 28.1 Å². The molecule has 0 saturated carbocycles. The maximum absolute atomic E-state index is 11.5. The van der Waals surface area contributed by atoms with Gasteiger partial charge in [0.1, 0.15) is 5.60 Å². The zero-order valence-electron chi connectivity index (χ0n) is 14.6. The molecular weight excluding hydrogens is 320 g/mol. The lowest BCUT2D eigenvalue weighted by atomic mass is 10.0. The molecule has 1 heterocycles. The van der Waals surface area contributed by atoms with E-state index in [1.54, 1.807) is 0 Å². The van der Waals surface area contributed by atoms with Crippen LogP contribution >= 0.6 is 12.2 Å². The summed E-state index contributed by atoms with van der Waals surface area (Å²) in [7, 11) is 0. The predicted molar refractivity (Wildman–Crippen MR) is 103 cm³/mol. The van der Waals surface area contributed by atoms with E-state index in [4.69, 9.17) is 17.0 Å². The van der Waals surface area contributed by atoms with E-state index in [0.29, 0.717) is 6.54 Å². The molecule has 1 aromatic carbocycles. The number of ether oxygens (including phenoxy) is 1. The third kappa shape index (κ3) is 5.96. The van der Waals surface area contributed by atoms with Crippen molar-refractivity contribution < 1.29 is 9.53 Å². The number of carbonyl (C=O) groups is 1. The van der Waals surface area contributed by atoms with Crippen LogP contribution in [-0.2, 0) is 11.2 Å². The van der Waals surface area contributed by atoms with E-state index >= 15 is 0 Å². The predicted octanol–water partition coefficient (Wildman–Crippen LogP) is 4.78. The van der Waals surface area contributed by atoms with Crippen LogP contribution in [0, 0.1) is 0 Å². The van der Waals surface area contributed by atoms with Crippen molar-refractivity contribution in [2.45, 2.75) is 52.1 Å². The van der Waals surface area contributed by atoms with Crippen molar-refractivity contribution in [1.82, 2.24) is 10.3 Å². The number of hydrogen-bond donors (Lipinski definition) is 2. The summed E-state index contributed by atoms with van der Waals surface area (Å²) in [5.41, 5.74) is 2.03. The van der Waals surface area contributed by atoms with Crippen molar-refractivity contribution >= 4 is 34.1 Å². The van der Waals surface area contributed by atoms with Crippen LogP contribution in [0.3, 0.4) is 0 Å². The van der Waals surface area contributed by atoms with Crippen LogP contribution < -0.4 is 5.32 Å². The first-order valence-electron chi connectivity index (χ1n) is 8.39. The molecule has 5 heteroatoms. The standard InChI is InChI=1S/C19H26N2O2S/c1-19(2,3)23-18(22)21-12-5-7-15(24)10-9-14-6-4-8-17-16(14)11-13-20-17/h4,6,8,11,13,20H,5,7,9-10,12H2,1-3H3,(H,21,22). The topological polar surface area (TPSA) is 54.1 Å². The SMILES string of the molecule is CC(C)(C)OC(=O)NCCCC(=S)CCc1cccc2[nH]ccc12. The third-order valence-corrected chi connectivity index (χ3v) is 4.07. The Bertz CT molecular complexity index is 701. The Morgan fingerprint density at radius 3 is 2.79 bits per heavy atom. The monoisotopic (exact) mass is 346 g/mol. The Kier molecular flexibility index (Phi) is 6.37. The zero-order chi connectivity index (χ0) is 17.6. The highest BCUT2D eigenvalue weighted by atomic mass is 32.1. The number of hydrogen-bond acceptors (Lipinski definition) is 3. The minimum Gasteiger partial charge on any atom is -0.444 e. The summed E-state index contributed by atoms with van der Waals surface area (Å²) in [6.45, 7) is 6.15. The highest BCUT2D eigenvalue weighted by Gasteiger charge is 2.15. The maximum Gasteiger partial charge on any atom is 0.407 e. The molecule has 2 aromatic rings. The van der Waals surface area contributed by atoms with Gasteiger partial charge in [-0.25, -0.2) is 4.79 Å². The average molecular weight is 346 g/mol. The van der Waals surface area contributed by atoms with Crippen molar-refractivity contribution in [2.24, 2.45) is 0 Å². The van der Waals surface area contributed by atoms with Crippen LogP contribution in [0.25, 0.3) is 10.9 Å². The van der Waals surface area contributed by atoms with E-state index < -0.39 is 5.60 Å². The van der Waals surface area contributed by atoms with Crippen molar-refractivity contribution in [2.75, 3.05) is 6.54 Å². The number of thiocarbonyl (C=S) groups is 1. The van der Waals surface area contributed by atoms with Gasteiger partial charge in [-0.1, -0.05) is 24.4 Å². The molecule has 1 amide bonds. The quantitative estimate of drug-likeness (QED) is 0.560. The molecule has 130 valence electrons. The first-order chi connectivity index (χ1) is 11.3. The zero-order valence-corrected chi connectivity index (χ0v) is 15.5. The molecule has 0 aliphatic rings. The van der Waals surface area contributed by atoms with Crippen LogP contribution in [0.2, 0.25) is 0 Å². The molecule has 0 atom stereocenters. The molecule has 0 aliphatic heterocycles. The largest absolute Gasteiger partial charge is 0.444 e. The minimum absolute atomic E-state index is 0.368. The first kappa shape index (κ1) is 18.5. The van der Waals surface area contributed by atoms with Gasteiger partial charge >= 0.3 is 6.09 Å². The summed E-state index contributed by atoms with van der Waals surface area (Å²) < 4.78 is 5.20. The van der Waals surface area contributed by atoms with Gasteiger partial charge in [0.05, 0.1) is 0 Å². The molecule has 0 aliphatic carbocycles. The van der Waals surface area contributed by atoms with Crippen LogP contribution in [0.5, 0.6) is 0 Å². The van der Waals surface area contributed by atoms with Crippen molar-refractivity contribution in [3.05, 3.63) is 36.0 Å². The van der Waals surface area contributed by atoms with Gasteiger partial charge < -0.3 is 15.0 Å². The fourth-order valence-electron chi connectivity index (χ4n) is 2.56. The van der Waals surface area contributed by atoms with Crippen LogP contribution in [0.1, 0.15) is 45.6 Å². The van der Waals surface area contributed by atoms with E-state index in [1.807, 2.05) is 27.0 Å². The molecule has 0 unspecified atom stereocenters. The number of rotatable bonds is 7. The fourth-order valence-corrected chi connectivity index (χ4v) is 2.80. The molecule has 0 radical (unpaired) electrons. The number of alkyl carbamates (subject to hydrolysis) is 1. The van der Waals surface area contributed by atoms with Crippen LogP contribution in [0.4, 0.5) is 4.79 Å². The molecule has 24 heavy (non-hydrogen) atoms. The number of benzene rings is 1. The van der Waals surface area contributed by atoms with Crippen molar-refractivity contribution in [3.63, 3.8) is 0 Å². The molecule has 2 rings (SSSR count). The smallest absolute Gasteiger partial charge is 0.407 e. The second-order valence-electron chi connectivity index (χ2n) is 6.93. The minimum atomic E-state index is -0.460. The van der Waals surface area contributed by atoms with Gasteiger partial charge in [-0.3, -0.25) is 0 Å². The molecule has 0 bridgehead atoms. The number of nitrogens with one attached hydrogen (secondary N) is 2. The summed E-state index contributed by atoms with van der Waals surface area (Å²) in [6, 6.07) is 8.42. The second-order valence-corrected chi connectivity index (χ2v) is 7.50. The Labute approximate surface area is 149 Å². The highest BCUT2D eigenvalue weighted by Crippen LogP contribution is 2.19. The fraction of sp³-hybridized carbons (Fsp3) is 0.474. The van der Waals surface area contributed by atoms with E-state index in [2.05, 4.69) is 34.6 Å². The Balaban J connectivity index is 1.67. The summed E-state index contributed by atoms with van der Waals surface area (Å²) in [5, 5.41) is 4.03. The van der Waals surface area contributed by atoms with Gasteiger partial charge in [-0.15, -0.1) is 0 Å². The number of H-pyrrole nitrogens is 1. The summed E-state index contributed by atoms with van der Waals surface area (Å²) >= 11 is 5.47. The number of aryl methyl sites for hydroxylation is 1. The van der Waals surface area contributed by atoms with Gasteiger partial charge in [-0.2, -0.15) is 0 Å². The molecule has 0 saturated heterocycles. The average Bonchev–Trinajstić information content (AvgIpc) is 2.96. The van der Waals surface area contributed by atoms with E-state index in [9.17, 15) is 4.79 Å². The molecule has 2 N–H and O–H groups in total. The van der Waals surface area contributed by atoms with Gasteiger partial charge in [0.15, 0.2) is 0 Å². The maximum atomic E-state index is 11.5. The lowest BCUT2D eigenvalue weighted by Gasteiger charge is -2.19. The third-order valence-electron chi connectivity index (χ3n) is 3.66. The molecule has 0 spiro atoms. The lowest BCUT2D eigenvalue weighted by molar-refractivity contribution is 0.0527. The van der Waals surface area contributed by atoms with E-state index in [-0.39, 0.29) is 6.09 Å². The second kappa shape index (κ2) is 8.29.